The van der Waals surface area contributed by atoms with E-state index in [-0.39, 0.29) is 38.8 Å². The SMILES string of the molecule is CCOc1cc(C=C2SC(=S)NC2=O)cc(-c2cc(C(F)(F)F)cc(C(F)(F)F)c2)c1O. The second kappa shape index (κ2) is 8.66. The number of amides is 1. The highest BCUT2D eigenvalue weighted by molar-refractivity contribution is 8.26. The lowest BCUT2D eigenvalue weighted by Gasteiger charge is -2.17. The molecule has 2 aromatic rings. The summed E-state index contributed by atoms with van der Waals surface area (Å²) in [5.41, 5.74) is -3.70. The molecule has 0 saturated carbocycles. The number of hydrogen-bond acceptors (Lipinski definition) is 5. The van der Waals surface area contributed by atoms with E-state index in [0.29, 0.717) is 12.1 Å². The van der Waals surface area contributed by atoms with Gasteiger partial charge in [-0.15, -0.1) is 0 Å². The van der Waals surface area contributed by atoms with Gasteiger partial charge in [-0.05, 0) is 54.5 Å². The molecule has 1 saturated heterocycles. The minimum absolute atomic E-state index is 0.00369. The number of alkyl halides is 6. The van der Waals surface area contributed by atoms with Gasteiger partial charge in [-0.3, -0.25) is 4.79 Å². The molecule has 2 aromatic carbocycles. The lowest BCUT2D eigenvalue weighted by atomic mass is 9.96. The molecule has 0 aliphatic carbocycles. The molecule has 1 heterocycles. The smallest absolute Gasteiger partial charge is 0.416 e. The van der Waals surface area contributed by atoms with Crippen molar-refractivity contribution in [2.75, 3.05) is 6.61 Å². The molecule has 12 heteroatoms. The third kappa shape index (κ3) is 5.18. The zero-order valence-electron chi connectivity index (χ0n) is 16.0. The summed E-state index contributed by atoms with van der Waals surface area (Å²) in [6, 6.07) is 3.47. The van der Waals surface area contributed by atoms with Crippen molar-refractivity contribution in [3.8, 4) is 22.6 Å². The maximum Gasteiger partial charge on any atom is 0.416 e. The average molecular weight is 493 g/mol. The van der Waals surface area contributed by atoms with Crippen LogP contribution in [0.2, 0.25) is 0 Å². The number of ether oxygens (including phenoxy) is 1. The van der Waals surface area contributed by atoms with Crippen LogP contribution in [0.4, 0.5) is 26.3 Å². The van der Waals surface area contributed by atoms with Crippen LogP contribution >= 0.6 is 24.0 Å². The van der Waals surface area contributed by atoms with Crippen molar-refractivity contribution in [3.63, 3.8) is 0 Å². The maximum absolute atomic E-state index is 13.3. The molecule has 0 aromatic heterocycles. The number of carbonyl (C=O) groups excluding carboxylic acids is 1. The van der Waals surface area contributed by atoms with Crippen molar-refractivity contribution in [2.24, 2.45) is 0 Å². The molecule has 3 rings (SSSR count). The maximum atomic E-state index is 13.3. The number of aromatic hydroxyl groups is 1. The van der Waals surface area contributed by atoms with Crippen molar-refractivity contribution in [2.45, 2.75) is 19.3 Å². The number of carbonyl (C=O) groups is 1. The molecule has 2 N–H and O–H groups in total. The van der Waals surface area contributed by atoms with Crippen molar-refractivity contribution >= 4 is 40.3 Å². The monoisotopic (exact) mass is 493 g/mol. The van der Waals surface area contributed by atoms with Crippen LogP contribution in [0, 0.1) is 0 Å². The van der Waals surface area contributed by atoms with E-state index in [2.05, 4.69) is 5.32 Å². The van der Waals surface area contributed by atoms with Crippen LogP contribution in [-0.2, 0) is 17.1 Å². The Morgan fingerprint density at radius 1 is 1.06 bits per heavy atom. The van der Waals surface area contributed by atoms with Crippen LogP contribution in [0.15, 0.2) is 35.2 Å². The molecule has 1 aliphatic heterocycles. The number of hydrogen-bond donors (Lipinski definition) is 2. The van der Waals surface area contributed by atoms with Crippen LogP contribution in [0.1, 0.15) is 23.6 Å². The summed E-state index contributed by atoms with van der Waals surface area (Å²) in [5.74, 6) is -1.32. The average Bonchev–Trinajstić information content (AvgIpc) is 2.99. The summed E-state index contributed by atoms with van der Waals surface area (Å²) in [6.45, 7) is 1.64. The predicted octanol–water partition coefficient (Wildman–Crippen LogP) is 5.98. The molecule has 0 unspecified atom stereocenters. The van der Waals surface area contributed by atoms with E-state index in [1.807, 2.05) is 0 Å². The standard InChI is InChI=1S/C20H13F6NO3S2/c1-2-30-14-4-9(5-15-17(29)27-18(31)32-15)3-13(16(14)28)10-6-11(19(21,22)23)8-12(7-10)20(24,25)26/h3-8,28H,2H2,1H3,(H,27,29,31). The summed E-state index contributed by atoms with van der Waals surface area (Å²) in [5, 5.41) is 12.9. The number of thioether (sulfide) groups is 1. The van der Waals surface area contributed by atoms with Gasteiger partial charge < -0.3 is 15.2 Å². The minimum Gasteiger partial charge on any atom is -0.504 e. The summed E-state index contributed by atoms with van der Waals surface area (Å²) in [4.78, 5) is 12.1. The van der Waals surface area contributed by atoms with Gasteiger partial charge in [-0.1, -0.05) is 24.0 Å². The molecule has 0 radical (unpaired) electrons. The van der Waals surface area contributed by atoms with Crippen LogP contribution in [0.25, 0.3) is 17.2 Å². The quantitative estimate of drug-likeness (QED) is 0.312. The van der Waals surface area contributed by atoms with Gasteiger partial charge in [0, 0.05) is 5.56 Å². The van der Waals surface area contributed by atoms with Gasteiger partial charge in [0.05, 0.1) is 22.6 Å². The number of benzene rings is 2. The Morgan fingerprint density at radius 2 is 1.66 bits per heavy atom. The van der Waals surface area contributed by atoms with Crippen LogP contribution in [0.5, 0.6) is 11.5 Å². The number of rotatable bonds is 4. The molecule has 1 aliphatic rings. The number of halogens is 6. The first kappa shape index (κ1) is 23.9. The van der Waals surface area contributed by atoms with Crippen molar-refractivity contribution < 1.29 is 41.0 Å². The minimum atomic E-state index is -5.05. The van der Waals surface area contributed by atoms with E-state index >= 15 is 0 Å². The Kier molecular flexibility index (Phi) is 6.47. The number of nitrogens with one attached hydrogen (secondary N) is 1. The van der Waals surface area contributed by atoms with Gasteiger partial charge in [0.2, 0.25) is 0 Å². The lowest BCUT2D eigenvalue weighted by molar-refractivity contribution is -0.143. The molecule has 0 bridgehead atoms. The topological polar surface area (TPSA) is 58.6 Å². The van der Waals surface area contributed by atoms with Crippen LogP contribution in [0.3, 0.4) is 0 Å². The molecule has 1 amide bonds. The summed E-state index contributed by atoms with van der Waals surface area (Å²) in [6.07, 6.45) is -8.77. The van der Waals surface area contributed by atoms with Gasteiger partial charge in [-0.2, -0.15) is 26.3 Å². The number of phenols is 1. The predicted molar refractivity (Wildman–Crippen MR) is 111 cm³/mol. The Morgan fingerprint density at radius 3 is 2.12 bits per heavy atom. The van der Waals surface area contributed by atoms with Gasteiger partial charge in [-0.25, -0.2) is 0 Å². The molecular formula is C20H13F6NO3S2. The third-order valence-electron chi connectivity index (χ3n) is 4.24. The zero-order valence-corrected chi connectivity index (χ0v) is 17.7. The molecular weight excluding hydrogens is 480 g/mol. The fraction of sp³-hybridized carbons (Fsp3) is 0.200. The van der Waals surface area contributed by atoms with E-state index in [9.17, 15) is 36.2 Å². The van der Waals surface area contributed by atoms with Gasteiger partial charge in [0.1, 0.15) is 4.32 Å². The second-order valence-corrected chi connectivity index (χ2v) is 8.21. The van der Waals surface area contributed by atoms with Gasteiger partial charge in [0.25, 0.3) is 5.91 Å². The number of phenolic OH excluding ortho intramolecular Hbond substituents is 1. The van der Waals surface area contributed by atoms with Gasteiger partial charge >= 0.3 is 12.4 Å². The summed E-state index contributed by atoms with van der Waals surface area (Å²) in [7, 11) is 0. The largest absolute Gasteiger partial charge is 0.504 e. The Bertz CT molecular complexity index is 1090. The normalized spacial score (nSPS) is 15.9. The molecule has 4 nitrogen and oxygen atoms in total. The van der Waals surface area contributed by atoms with E-state index in [4.69, 9.17) is 17.0 Å². The van der Waals surface area contributed by atoms with Gasteiger partial charge in [0.15, 0.2) is 11.5 Å². The Labute approximate surface area is 187 Å². The highest BCUT2D eigenvalue weighted by Crippen LogP contribution is 2.44. The van der Waals surface area contributed by atoms with Crippen molar-refractivity contribution in [1.82, 2.24) is 5.32 Å². The molecule has 170 valence electrons. The molecule has 0 atom stereocenters. The first-order valence-corrected chi connectivity index (χ1v) is 10.1. The molecule has 0 spiro atoms. The Hall–Kier alpha value is -2.73. The highest BCUT2D eigenvalue weighted by Gasteiger charge is 2.37. The van der Waals surface area contributed by atoms with Crippen molar-refractivity contribution in [1.29, 1.82) is 0 Å². The first-order chi connectivity index (χ1) is 14.8. The zero-order chi connectivity index (χ0) is 23.8. The summed E-state index contributed by atoms with van der Waals surface area (Å²) >= 11 is 5.83. The second-order valence-electron chi connectivity index (χ2n) is 6.50. The summed E-state index contributed by atoms with van der Waals surface area (Å²) < 4.78 is 85.0. The van der Waals surface area contributed by atoms with E-state index < -0.39 is 40.7 Å². The molecule has 1 fully saturated rings. The number of thiocarbonyl (C=S) groups is 1. The first-order valence-electron chi connectivity index (χ1n) is 8.84. The third-order valence-corrected chi connectivity index (χ3v) is 5.40. The highest BCUT2D eigenvalue weighted by atomic mass is 32.2. The fourth-order valence-electron chi connectivity index (χ4n) is 2.88. The Balaban J connectivity index is 2.25. The van der Waals surface area contributed by atoms with Crippen molar-refractivity contribution in [3.05, 3.63) is 51.9 Å². The van der Waals surface area contributed by atoms with E-state index in [1.165, 1.54) is 12.1 Å². The van der Waals surface area contributed by atoms with Crippen LogP contribution in [-0.4, -0.2) is 21.9 Å². The lowest BCUT2D eigenvalue weighted by Crippen LogP contribution is -2.17. The molecule has 32 heavy (non-hydrogen) atoms. The fourth-order valence-corrected chi connectivity index (χ4v) is 3.93. The van der Waals surface area contributed by atoms with E-state index in [1.54, 1.807) is 6.92 Å². The van der Waals surface area contributed by atoms with E-state index in [0.717, 1.165) is 17.8 Å². The van der Waals surface area contributed by atoms with Crippen LogP contribution < -0.4 is 10.1 Å².